The van der Waals surface area contributed by atoms with Gasteiger partial charge in [0, 0.05) is 18.0 Å². The molecule has 0 spiro atoms. The van der Waals surface area contributed by atoms with Crippen molar-refractivity contribution < 1.29 is 5.11 Å². The van der Waals surface area contributed by atoms with Crippen LogP contribution in [0.1, 0.15) is 5.69 Å². The van der Waals surface area contributed by atoms with E-state index in [0.717, 1.165) is 0 Å². The van der Waals surface area contributed by atoms with Crippen molar-refractivity contribution >= 4 is 11.6 Å². The van der Waals surface area contributed by atoms with E-state index in [0.29, 0.717) is 5.69 Å². The Bertz CT molecular complexity index is 281. The lowest BCUT2D eigenvalue weighted by Gasteiger charge is -1.93. The van der Waals surface area contributed by atoms with Gasteiger partial charge in [0.15, 0.2) is 5.43 Å². The molecule has 0 aliphatic carbocycles. The van der Waals surface area contributed by atoms with Crippen molar-refractivity contribution in [2.75, 3.05) is 0 Å². The van der Waals surface area contributed by atoms with Crippen molar-refractivity contribution in [2.45, 2.75) is 6.61 Å². The summed E-state index contributed by atoms with van der Waals surface area (Å²) in [5.74, 6) is 0. The monoisotopic (exact) mass is 159 g/mol. The third kappa shape index (κ3) is 1.37. The molecule has 3 nitrogen and oxygen atoms in total. The number of aliphatic hydroxyl groups is 1. The molecule has 0 fully saturated rings. The molecular weight excluding hydrogens is 154 g/mol. The summed E-state index contributed by atoms with van der Waals surface area (Å²) in [6.07, 6.45) is 1.36. The number of H-pyrrole nitrogens is 1. The Balaban J connectivity index is 3.17. The van der Waals surface area contributed by atoms with Crippen LogP contribution in [0.3, 0.4) is 0 Å². The normalized spacial score (nSPS) is 9.80. The maximum absolute atomic E-state index is 10.7. The van der Waals surface area contributed by atoms with Gasteiger partial charge in [0.25, 0.3) is 0 Å². The lowest BCUT2D eigenvalue weighted by atomic mass is 10.4. The molecule has 0 saturated heterocycles. The molecule has 0 aromatic carbocycles. The van der Waals surface area contributed by atoms with Gasteiger partial charge in [-0.3, -0.25) is 4.79 Å². The van der Waals surface area contributed by atoms with Crippen LogP contribution >= 0.6 is 11.6 Å². The Kier molecular flexibility index (Phi) is 2.09. The van der Waals surface area contributed by atoms with Gasteiger partial charge in [0.05, 0.1) is 6.61 Å². The van der Waals surface area contributed by atoms with Crippen LogP contribution in [0.4, 0.5) is 0 Å². The highest BCUT2D eigenvalue weighted by atomic mass is 35.5. The van der Waals surface area contributed by atoms with Crippen molar-refractivity contribution in [1.29, 1.82) is 0 Å². The number of aliphatic hydroxyl groups excluding tert-OH is 1. The molecule has 0 atom stereocenters. The van der Waals surface area contributed by atoms with Gasteiger partial charge >= 0.3 is 0 Å². The summed E-state index contributed by atoms with van der Waals surface area (Å²) >= 11 is 5.41. The molecule has 0 radical (unpaired) electrons. The van der Waals surface area contributed by atoms with E-state index in [9.17, 15) is 4.79 Å². The second-order valence-electron chi connectivity index (χ2n) is 1.83. The molecule has 0 amide bonds. The number of hydrogen-bond donors (Lipinski definition) is 2. The highest BCUT2D eigenvalue weighted by molar-refractivity contribution is 6.30. The molecule has 0 unspecified atom stereocenters. The summed E-state index contributed by atoms with van der Waals surface area (Å²) in [7, 11) is 0. The summed E-state index contributed by atoms with van der Waals surface area (Å²) in [5, 5.41) is 8.68. The number of aromatic amines is 1. The van der Waals surface area contributed by atoms with Gasteiger partial charge in [-0.05, 0) is 0 Å². The number of pyridine rings is 1. The summed E-state index contributed by atoms with van der Waals surface area (Å²) < 4.78 is 0. The SMILES string of the molecule is O=c1cc(CO)[nH]cc1Cl. The molecule has 0 saturated carbocycles. The second-order valence-corrected chi connectivity index (χ2v) is 2.24. The molecule has 54 valence electrons. The Labute approximate surface area is 62.3 Å². The zero-order chi connectivity index (χ0) is 7.56. The van der Waals surface area contributed by atoms with Crippen LogP contribution in [-0.4, -0.2) is 10.1 Å². The number of hydrogen-bond acceptors (Lipinski definition) is 2. The molecule has 1 aromatic heterocycles. The maximum atomic E-state index is 10.7. The van der Waals surface area contributed by atoms with Crippen LogP contribution < -0.4 is 5.43 Å². The fraction of sp³-hybridized carbons (Fsp3) is 0.167. The third-order valence-corrected chi connectivity index (χ3v) is 1.39. The first-order chi connectivity index (χ1) is 4.74. The number of aromatic nitrogens is 1. The zero-order valence-corrected chi connectivity index (χ0v) is 5.85. The average Bonchev–Trinajstić information content (AvgIpc) is 1.95. The quantitative estimate of drug-likeness (QED) is 0.628. The fourth-order valence-corrected chi connectivity index (χ4v) is 0.696. The van der Waals surface area contributed by atoms with E-state index in [-0.39, 0.29) is 17.1 Å². The van der Waals surface area contributed by atoms with Crippen LogP contribution in [0.2, 0.25) is 5.02 Å². The van der Waals surface area contributed by atoms with Crippen LogP contribution in [0.15, 0.2) is 17.1 Å². The number of nitrogens with one attached hydrogen (secondary N) is 1. The van der Waals surface area contributed by atoms with E-state index in [1.807, 2.05) is 0 Å². The smallest absolute Gasteiger partial charge is 0.200 e. The standard InChI is InChI=1S/C6H6ClNO2/c7-5-2-8-4(3-9)1-6(5)10/h1-2,9H,3H2,(H,8,10). The van der Waals surface area contributed by atoms with Crippen LogP contribution in [-0.2, 0) is 6.61 Å². The molecule has 1 heterocycles. The molecule has 2 N–H and O–H groups in total. The Morgan fingerprint density at radius 3 is 2.90 bits per heavy atom. The van der Waals surface area contributed by atoms with Crippen LogP contribution in [0.5, 0.6) is 0 Å². The van der Waals surface area contributed by atoms with E-state index in [2.05, 4.69) is 4.98 Å². The van der Waals surface area contributed by atoms with Gasteiger partial charge in [0.2, 0.25) is 0 Å². The summed E-state index contributed by atoms with van der Waals surface area (Å²) in [6, 6.07) is 1.27. The van der Waals surface area contributed by atoms with E-state index >= 15 is 0 Å². The molecule has 1 rings (SSSR count). The van der Waals surface area contributed by atoms with Crippen molar-refractivity contribution in [3.8, 4) is 0 Å². The second kappa shape index (κ2) is 2.86. The van der Waals surface area contributed by atoms with Crippen molar-refractivity contribution in [3.63, 3.8) is 0 Å². The van der Waals surface area contributed by atoms with Gasteiger partial charge in [-0.25, -0.2) is 0 Å². The number of rotatable bonds is 1. The summed E-state index contributed by atoms with van der Waals surface area (Å²) in [5.41, 5.74) is 0.193. The largest absolute Gasteiger partial charge is 0.390 e. The fourth-order valence-electron chi connectivity index (χ4n) is 0.587. The first kappa shape index (κ1) is 7.31. The molecule has 1 aromatic rings. The lowest BCUT2D eigenvalue weighted by Crippen LogP contribution is -2.03. The Hall–Kier alpha value is -0.800. The minimum Gasteiger partial charge on any atom is -0.390 e. The third-order valence-electron chi connectivity index (χ3n) is 1.10. The summed E-state index contributed by atoms with van der Waals surface area (Å²) in [6.45, 7) is -0.174. The molecule has 10 heavy (non-hydrogen) atoms. The lowest BCUT2D eigenvalue weighted by molar-refractivity contribution is 0.277. The molecular formula is C6H6ClNO2. The van der Waals surface area contributed by atoms with Crippen molar-refractivity contribution in [2.24, 2.45) is 0 Å². The first-order valence-electron chi connectivity index (χ1n) is 2.72. The topological polar surface area (TPSA) is 53.1 Å². The predicted octanol–water partition coefficient (Wildman–Crippen LogP) is 0.521. The molecule has 0 aliphatic rings. The molecule has 0 bridgehead atoms. The van der Waals surface area contributed by atoms with Crippen LogP contribution in [0.25, 0.3) is 0 Å². The minimum atomic E-state index is -0.274. The predicted molar refractivity (Wildman–Crippen MR) is 38.0 cm³/mol. The van der Waals surface area contributed by atoms with E-state index in [1.165, 1.54) is 12.3 Å². The molecule has 4 heteroatoms. The highest BCUT2D eigenvalue weighted by Crippen LogP contribution is 1.98. The maximum Gasteiger partial charge on any atom is 0.200 e. The molecule has 0 aliphatic heterocycles. The first-order valence-corrected chi connectivity index (χ1v) is 3.10. The van der Waals surface area contributed by atoms with Gasteiger partial charge in [-0.15, -0.1) is 0 Å². The Morgan fingerprint density at radius 2 is 2.40 bits per heavy atom. The zero-order valence-electron chi connectivity index (χ0n) is 5.10. The van der Waals surface area contributed by atoms with Crippen molar-refractivity contribution in [1.82, 2.24) is 4.98 Å². The minimum absolute atomic E-state index is 0.136. The summed E-state index contributed by atoms with van der Waals surface area (Å²) in [4.78, 5) is 13.4. The van der Waals surface area contributed by atoms with Gasteiger partial charge in [-0.1, -0.05) is 11.6 Å². The van der Waals surface area contributed by atoms with Crippen molar-refractivity contribution in [3.05, 3.63) is 33.2 Å². The van der Waals surface area contributed by atoms with Crippen LogP contribution in [0, 0.1) is 0 Å². The van der Waals surface area contributed by atoms with Gasteiger partial charge in [0.1, 0.15) is 5.02 Å². The van der Waals surface area contributed by atoms with Gasteiger partial charge < -0.3 is 10.1 Å². The Morgan fingerprint density at radius 1 is 1.70 bits per heavy atom. The van der Waals surface area contributed by atoms with Gasteiger partial charge in [-0.2, -0.15) is 0 Å². The van der Waals surface area contributed by atoms with E-state index in [1.54, 1.807) is 0 Å². The highest BCUT2D eigenvalue weighted by Gasteiger charge is 1.95. The number of halogens is 1. The van der Waals surface area contributed by atoms with E-state index in [4.69, 9.17) is 16.7 Å². The average molecular weight is 160 g/mol. The van der Waals surface area contributed by atoms with E-state index < -0.39 is 0 Å².